The van der Waals surface area contributed by atoms with Crippen molar-refractivity contribution >= 4 is 76.6 Å². The van der Waals surface area contributed by atoms with Crippen LogP contribution in [0.5, 0.6) is 0 Å². The van der Waals surface area contributed by atoms with Crippen LogP contribution in [0.3, 0.4) is 0 Å². The summed E-state index contributed by atoms with van der Waals surface area (Å²) in [6.45, 7) is 0. The lowest BCUT2D eigenvalue weighted by Gasteiger charge is -2.10. The van der Waals surface area contributed by atoms with Crippen LogP contribution in [-0.4, -0.2) is 14.1 Å². The first kappa shape index (κ1) is 30.1. The maximum Gasteiger partial charge on any atom is 0.227 e. The molecule has 4 heteroatoms. The SMILES string of the molecule is c1ccc(-n2c3ccccc3c3cc(-c4ccc5c(c4)c4ccccc4n5-c4ccc(-c5ccc6oc7nc8ccccc8cc7c6c5)cc4)ccc32)cc1. The standard InChI is InChI=1S/C51H31N3O/c1-2-11-37(12-3-1)53-46-16-8-5-13-39(46)41-28-34(20-25-48(41)53)35-21-26-49-42(29-35)40-14-6-9-17-47(40)54(49)38-23-18-32(19-24-38)33-22-27-50-43(30-33)44-31-36-10-4-7-15-45(36)52-51(44)55-50/h1-31H. The van der Waals surface area contributed by atoms with E-state index in [0.717, 1.165) is 44.1 Å². The Morgan fingerprint density at radius 2 is 0.855 bits per heavy atom. The summed E-state index contributed by atoms with van der Waals surface area (Å²) < 4.78 is 10.9. The maximum absolute atomic E-state index is 6.18. The molecule has 0 aliphatic heterocycles. The van der Waals surface area contributed by atoms with Crippen LogP contribution in [0.4, 0.5) is 0 Å². The van der Waals surface area contributed by atoms with Gasteiger partial charge in [-0.05, 0) is 107 Å². The van der Waals surface area contributed by atoms with Gasteiger partial charge in [-0.3, -0.25) is 0 Å². The van der Waals surface area contributed by atoms with Crippen molar-refractivity contribution in [3.63, 3.8) is 0 Å². The second-order valence-electron chi connectivity index (χ2n) is 14.4. The maximum atomic E-state index is 6.18. The van der Waals surface area contributed by atoms with Crippen LogP contribution in [0.1, 0.15) is 0 Å². The normalized spacial score (nSPS) is 12.0. The van der Waals surface area contributed by atoms with Gasteiger partial charge in [-0.15, -0.1) is 0 Å². The molecule has 0 N–H and O–H groups in total. The fourth-order valence-corrected chi connectivity index (χ4v) is 8.72. The van der Waals surface area contributed by atoms with E-state index in [1.807, 2.05) is 18.2 Å². The Kier molecular flexibility index (Phi) is 6.31. The first-order valence-electron chi connectivity index (χ1n) is 18.7. The molecule has 0 amide bonds. The lowest BCUT2D eigenvalue weighted by atomic mass is 10.0. The van der Waals surface area contributed by atoms with Gasteiger partial charge in [0.2, 0.25) is 5.71 Å². The zero-order chi connectivity index (χ0) is 36.0. The quantitative estimate of drug-likeness (QED) is 0.183. The lowest BCUT2D eigenvalue weighted by Crippen LogP contribution is -1.94. The van der Waals surface area contributed by atoms with E-state index in [-0.39, 0.29) is 0 Å². The highest BCUT2D eigenvalue weighted by Gasteiger charge is 2.17. The summed E-state index contributed by atoms with van der Waals surface area (Å²) in [7, 11) is 0. The van der Waals surface area contributed by atoms with Crippen molar-refractivity contribution in [2.75, 3.05) is 0 Å². The molecule has 0 spiro atoms. The number of hydrogen-bond acceptors (Lipinski definition) is 2. The van der Waals surface area contributed by atoms with E-state index >= 15 is 0 Å². The Labute approximate surface area is 315 Å². The fraction of sp³-hybridized carbons (Fsp3) is 0. The smallest absolute Gasteiger partial charge is 0.227 e. The van der Waals surface area contributed by atoms with Crippen molar-refractivity contribution < 1.29 is 4.42 Å². The minimum atomic E-state index is 0.673. The molecule has 0 radical (unpaired) electrons. The summed E-state index contributed by atoms with van der Waals surface area (Å²) in [6.07, 6.45) is 0. The zero-order valence-corrected chi connectivity index (χ0v) is 29.6. The minimum Gasteiger partial charge on any atom is -0.438 e. The van der Waals surface area contributed by atoms with Crippen molar-refractivity contribution in [2.45, 2.75) is 0 Å². The van der Waals surface area contributed by atoms with Gasteiger partial charge in [-0.2, -0.15) is 0 Å². The predicted octanol–water partition coefficient (Wildman–Crippen LogP) is 13.7. The Balaban J connectivity index is 0.950. The molecule has 12 rings (SSSR count). The van der Waals surface area contributed by atoms with Crippen molar-refractivity contribution in [1.82, 2.24) is 14.1 Å². The molecule has 0 bridgehead atoms. The number of furan rings is 1. The van der Waals surface area contributed by atoms with Gasteiger partial charge in [0, 0.05) is 49.1 Å². The third-order valence-corrected chi connectivity index (χ3v) is 11.3. The predicted molar refractivity (Wildman–Crippen MR) is 229 cm³/mol. The van der Waals surface area contributed by atoms with Gasteiger partial charge in [0.1, 0.15) is 5.58 Å². The van der Waals surface area contributed by atoms with Gasteiger partial charge < -0.3 is 13.6 Å². The third-order valence-electron chi connectivity index (χ3n) is 11.3. The molecular formula is C51H31N3O. The van der Waals surface area contributed by atoms with Crippen LogP contribution < -0.4 is 0 Å². The van der Waals surface area contributed by atoms with Crippen LogP contribution in [0, 0.1) is 0 Å². The molecule has 55 heavy (non-hydrogen) atoms. The Bertz CT molecular complexity index is 3480. The third kappa shape index (κ3) is 4.55. The molecule has 0 saturated carbocycles. The molecule has 4 heterocycles. The van der Waals surface area contributed by atoms with Crippen molar-refractivity contribution in [2.24, 2.45) is 0 Å². The van der Waals surface area contributed by atoms with Crippen LogP contribution in [0.15, 0.2) is 192 Å². The van der Waals surface area contributed by atoms with Crippen molar-refractivity contribution in [3.8, 4) is 33.6 Å². The summed E-state index contributed by atoms with van der Waals surface area (Å²) in [5.74, 6) is 0. The monoisotopic (exact) mass is 701 g/mol. The molecule has 0 fully saturated rings. The molecule has 12 aromatic rings. The van der Waals surface area contributed by atoms with Gasteiger partial charge in [-0.1, -0.05) is 103 Å². The van der Waals surface area contributed by atoms with Crippen LogP contribution in [0.25, 0.3) is 110 Å². The van der Waals surface area contributed by atoms with Gasteiger partial charge >= 0.3 is 0 Å². The molecular weight excluding hydrogens is 671 g/mol. The molecule has 4 aromatic heterocycles. The Morgan fingerprint density at radius 1 is 0.345 bits per heavy atom. The zero-order valence-electron chi connectivity index (χ0n) is 29.6. The number of rotatable bonds is 4. The van der Waals surface area contributed by atoms with Gasteiger partial charge in [0.05, 0.1) is 27.6 Å². The van der Waals surface area contributed by atoms with Crippen molar-refractivity contribution in [1.29, 1.82) is 0 Å². The number of benzene rings is 8. The summed E-state index contributed by atoms with van der Waals surface area (Å²) in [5.41, 5.74) is 14.3. The first-order chi connectivity index (χ1) is 27.2. The second-order valence-corrected chi connectivity index (χ2v) is 14.4. The summed E-state index contributed by atoms with van der Waals surface area (Å²) in [5, 5.41) is 8.22. The highest BCUT2D eigenvalue weighted by molar-refractivity contribution is 6.13. The number of aromatic nitrogens is 3. The average Bonchev–Trinajstić information content (AvgIpc) is 3.89. The molecule has 4 nitrogen and oxygen atoms in total. The summed E-state index contributed by atoms with van der Waals surface area (Å²) in [6, 6.07) is 67.6. The molecule has 0 aliphatic carbocycles. The highest BCUT2D eigenvalue weighted by atomic mass is 16.3. The number of fused-ring (bicyclic) bond motifs is 10. The van der Waals surface area contributed by atoms with Crippen LogP contribution in [-0.2, 0) is 0 Å². The first-order valence-corrected chi connectivity index (χ1v) is 18.7. The number of pyridine rings is 1. The van der Waals surface area contributed by atoms with E-state index < -0.39 is 0 Å². The summed E-state index contributed by atoms with van der Waals surface area (Å²) in [4.78, 5) is 4.79. The molecule has 0 unspecified atom stereocenters. The van der Waals surface area contributed by atoms with E-state index in [4.69, 9.17) is 9.40 Å². The summed E-state index contributed by atoms with van der Waals surface area (Å²) >= 11 is 0. The van der Waals surface area contributed by atoms with Gasteiger partial charge in [0.15, 0.2) is 0 Å². The Hall–Kier alpha value is -7.43. The van der Waals surface area contributed by atoms with Gasteiger partial charge in [-0.25, -0.2) is 4.98 Å². The van der Waals surface area contributed by atoms with E-state index in [9.17, 15) is 0 Å². The van der Waals surface area contributed by atoms with Crippen LogP contribution >= 0.6 is 0 Å². The average molecular weight is 702 g/mol. The van der Waals surface area contributed by atoms with E-state index in [2.05, 4.69) is 179 Å². The van der Waals surface area contributed by atoms with Crippen molar-refractivity contribution in [3.05, 3.63) is 188 Å². The van der Waals surface area contributed by atoms with Crippen LogP contribution in [0.2, 0.25) is 0 Å². The largest absolute Gasteiger partial charge is 0.438 e. The second kappa shape index (κ2) is 11.5. The number of para-hydroxylation sites is 4. The molecule has 256 valence electrons. The van der Waals surface area contributed by atoms with E-state index in [1.54, 1.807) is 0 Å². The molecule has 0 aliphatic rings. The Morgan fingerprint density at radius 3 is 1.55 bits per heavy atom. The van der Waals surface area contributed by atoms with E-state index in [1.165, 1.54) is 60.4 Å². The molecule has 8 aromatic carbocycles. The molecule has 0 saturated heterocycles. The lowest BCUT2D eigenvalue weighted by molar-refractivity contribution is 0.656. The van der Waals surface area contributed by atoms with Gasteiger partial charge in [0.25, 0.3) is 0 Å². The van der Waals surface area contributed by atoms with E-state index in [0.29, 0.717) is 5.71 Å². The highest BCUT2D eigenvalue weighted by Crippen LogP contribution is 2.39. The fourth-order valence-electron chi connectivity index (χ4n) is 8.72. The molecule has 0 atom stereocenters. The minimum absolute atomic E-state index is 0.673. The topological polar surface area (TPSA) is 35.9 Å². The number of nitrogens with zero attached hydrogens (tertiary/aromatic N) is 3. The number of hydrogen-bond donors (Lipinski definition) is 0.